The first kappa shape index (κ1) is 11.9. The van der Waals surface area contributed by atoms with Gasteiger partial charge in [-0.25, -0.2) is 0 Å². The second-order valence-corrected chi connectivity index (χ2v) is 3.09. The van der Waals surface area contributed by atoms with E-state index >= 15 is 0 Å². The Labute approximate surface area is 72.6 Å². The van der Waals surface area contributed by atoms with E-state index in [1.165, 1.54) is 6.92 Å². The lowest BCUT2D eigenvalue weighted by molar-refractivity contribution is -0.341. The Kier molecular flexibility index (Phi) is 5.52. The monoisotopic (exact) mass is 202 g/mol. The molecule has 0 heterocycles. The van der Waals surface area contributed by atoms with E-state index in [0.29, 0.717) is 29.9 Å². The quantitative estimate of drug-likeness (QED) is 0.489. The average Bonchev–Trinajstić information content (AvgIpc) is 1.84. The molecule has 0 aromatic rings. The van der Waals surface area contributed by atoms with Crippen LogP contribution in [0.4, 0.5) is 13.2 Å². The van der Waals surface area contributed by atoms with Crippen LogP contribution in [0.25, 0.3) is 0 Å². The summed E-state index contributed by atoms with van der Waals surface area (Å²) >= 11 is 0. The fourth-order valence-corrected chi connectivity index (χ4v) is 1.09. The van der Waals surface area contributed by atoms with E-state index in [4.69, 9.17) is 4.43 Å². The molecule has 0 bridgehead atoms. The number of hydrogen-bond donors (Lipinski definition) is 0. The zero-order valence-electron chi connectivity index (χ0n) is 7.15. The highest BCUT2D eigenvalue weighted by molar-refractivity contribution is 5.97. The van der Waals surface area contributed by atoms with Gasteiger partial charge in [-0.3, -0.25) is 4.74 Å². The average molecular weight is 202 g/mol. The predicted octanol–water partition coefficient (Wildman–Crippen LogP) is 0.988. The molecular formula is C6H13F3O2Si. The summed E-state index contributed by atoms with van der Waals surface area (Å²) in [7, 11) is 0.629. The molecule has 12 heavy (non-hydrogen) atoms. The first-order valence-electron chi connectivity index (χ1n) is 3.69. The van der Waals surface area contributed by atoms with Gasteiger partial charge in [-0.1, -0.05) is 0 Å². The molecule has 0 amide bonds. The maximum Gasteiger partial charge on any atom is 0.522 e. The third-order valence-electron chi connectivity index (χ3n) is 1.29. The van der Waals surface area contributed by atoms with E-state index in [-0.39, 0.29) is 0 Å². The van der Waals surface area contributed by atoms with Gasteiger partial charge in [-0.15, -0.1) is 13.2 Å². The highest BCUT2D eigenvalue weighted by atomic mass is 28.2. The van der Waals surface area contributed by atoms with Gasteiger partial charge in [0.25, 0.3) is 0 Å². The largest absolute Gasteiger partial charge is 0.522 e. The third-order valence-corrected chi connectivity index (χ3v) is 1.70. The fraction of sp³-hybridized carbons (Fsp3) is 1.00. The summed E-state index contributed by atoms with van der Waals surface area (Å²) in [6.45, 7) is 1.93. The van der Waals surface area contributed by atoms with Crippen molar-refractivity contribution in [3.05, 3.63) is 0 Å². The molecule has 0 aliphatic heterocycles. The van der Waals surface area contributed by atoms with Crippen molar-refractivity contribution >= 4 is 10.5 Å². The molecule has 6 heteroatoms. The lowest BCUT2D eigenvalue weighted by atomic mass is 10.2. The summed E-state index contributed by atoms with van der Waals surface area (Å²) in [6, 6.07) is 0. The lowest BCUT2D eigenvalue weighted by Crippen LogP contribution is -2.21. The normalized spacial score (nSPS) is 15.0. The summed E-state index contributed by atoms with van der Waals surface area (Å²) in [5.74, 6) is 0. The molecule has 0 aromatic carbocycles. The highest BCUT2D eigenvalue weighted by Crippen LogP contribution is 2.20. The van der Waals surface area contributed by atoms with Crippen LogP contribution in [0, 0.1) is 0 Å². The first-order valence-corrected chi connectivity index (χ1v) is 4.51. The van der Waals surface area contributed by atoms with Crippen LogP contribution >= 0.6 is 0 Å². The van der Waals surface area contributed by atoms with E-state index in [9.17, 15) is 13.2 Å². The van der Waals surface area contributed by atoms with E-state index in [1.807, 2.05) is 0 Å². The van der Waals surface area contributed by atoms with E-state index < -0.39 is 12.5 Å². The Morgan fingerprint density at radius 1 is 1.42 bits per heavy atom. The molecule has 2 nitrogen and oxygen atoms in total. The van der Waals surface area contributed by atoms with E-state index in [2.05, 4.69) is 4.74 Å². The van der Waals surface area contributed by atoms with Gasteiger partial charge < -0.3 is 4.43 Å². The Morgan fingerprint density at radius 3 is 2.42 bits per heavy atom. The van der Waals surface area contributed by atoms with Crippen LogP contribution in [0.3, 0.4) is 0 Å². The second-order valence-electron chi connectivity index (χ2n) is 2.51. The number of alkyl halides is 3. The molecule has 0 fully saturated rings. The van der Waals surface area contributed by atoms with Gasteiger partial charge in [0.05, 0.1) is 6.10 Å². The van der Waals surface area contributed by atoms with Gasteiger partial charge in [-0.2, -0.15) is 0 Å². The molecule has 0 N–H and O–H groups in total. The van der Waals surface area contributed by atoms with Gasteiger partial charge in [-0.05, 0) is 19.8 Å². The Hall–Kier alpha value is -0.0731. The van der Waals surface area contributed by atoms with E-state index in [0.717, 1.165) is 0 Å². The van der Waals surface area contributed by atoms with Crippen molar-refractivity contribution in [1.29, 1.82) is 0 Å². The molecule has 0 aliphatic carbocycles. The van der Waals surface area contributed by atoms with Crippen LogP contribution in [-0.2, 0) is 9.16 Å². The first-order chi connectivity index (χ1) is 5.45. The Bertz CT molecular complexity index is 118. The zero-order chi connectivity index (χ0) is 9.61. The number of halogens is 3. The van der Waals surface area contributed by atoms with Crippen LogP contribution in [0.5, 0.6) is 0 Å². The van der Waals surface area contributed by atoms with Crippen LogP contribution < -0.4 is 0 Å². The standard InChI is InChI=1S/C6H13F3O2Si/c1-5(3-2-4-10-12)11-6(7,8)9/h5H,2-4H2,1,12H3. The van der Waals surface area contributed by atoms with E-state index in [1.54, 1.807) is 0 Å². The Balaban J connectivity index is 3.40. The number of ether oxygens (including phenoxy) is 1. The Morgan fingerprint density at radius 2 is 2.00 bits per heavy atom. The molecule has 0 aromatic heterocycles. The van der Waals surface area contributed by atoms with Crippen molar-refractivity contribution in [1.82, 2.24) is 0 Å². The summed E-state index contributed by atoms with van der Waals surface area (Å²) in [6.07, 6.45) is -4.30. The fourth-order valence-electron chi connectivity index (χ4n) is 0.802. The van der Waals surface area contributed by atoms with Crippen LogP contribution in [0.15, 0.2) is 0 Å². The van der Waals surface area contributed by atoms with Gasteiger partial charge in [0.1, 0.15) is 10.5 Å². The van der Waals surface area contributed by atoms with Crippen molar-refractivity contribution < 1.29 is 22.3 Å². The van der Waals surface area contributed by atoms with Gasteiger partial charge >= 0.3 is 6.36 Å². The molecule has 0 saturated carbocycles. The van der Waals surface area contributed by atoms with Crippen LogP contribution in [0.1, 0.15) is 19.8 Å². The summed E-state index contributed by atoms with van der Waals surface area (Å²) in [5, 5.41) is 0. The molecule has 1 unspecified atom stereocenters. The molecule has 0 rings (SSSR count). The molecule has 1 atom stereocenters. The molecule has 0 radical (unpaired) electrons. The van der Waals surface area contributed by atoms with Crippen LogP contribution in [0.2, 0.25) is 0 Å². The summed E-state index contributed by atoms with van der Waals surface area (Å²) in [5.41, 5.74) is 0. The minimum Gasteiger partial charge on any atom is -0.428 e. The van der Waals surface area contributed by atoms with Crippen molar-refractivity contribution in [3.8, 4) is 0 Å². The number of hydrogen-bond acceptors (Lipinski definition) is 2. The van der Waals surface area contributed by atoms with Crippen LogP contribution in [-0.4, -0.2) is 29.6 Å². The maximum atomic E-state index is 11.6. The maximum absolute atomic E-state index is 11.6. The molecule has 0 spiro atoms. The minimum absolute atomic E-state index is 0.377. The zero-order valence-corrected chi connectivity index (χ0v) is 9.15. The molecule has 0 aliphatic rings. The number of rotatable bonds is 5. The van der Waals surface area contributed by atoms with Gasteiger partial charge in [0.2, 0.25) is 0 Å². The van der Waals surface area contributed by atoms with Crippen molar-refractivity contribution in [2.45, 2.75) is 32.2 Å². The minimum atomic E-state index is -4.51. The van der Waals surface area contributed by atoms with Crippen molar-refractivity contribution in [2.75, 3.05) is 6.61 Å². The summed E-state index contributed by atoms with van der Waals surface area (Å²) < 4.78 is 43.3. The SMILES string of the molecule is CC(CCCO[SiH3])OC(F)(F)F. The highest BCUT2D eigenvalue weighted by Gasteiger charge is 2.31. The lowest BCUT2D eigenvalue weighted by Gasteiger charge is -2.14. The van der Waals surface area contributed by atoms with Gasteiger partial charge in [0, 0.05) is 6.61 Å². The molecular weight excluding hydrogens is 189 g/mol. The topological polar surface area (TPSA) is 18.5 Å². The second kappa shape index (κ2) is 5.55. The third kappa shape index (κ3) is 8.03. The van der Waals surface area contributed by atoms with Gasteiger partial charge in [0.15, 0.2) is 0 Å². The smallest absolute Gasteiger partial charge is 0.428 e. The summed E-state index contributed by atoms with van der Waals surface area (Å²) in [4.78, 5) is 0. The molecule has 0 saturated heterocycles. The molecule has 74 valence electrons. The predicted molar refractivity (Wildman–Crippen MR) is 41.7 cm³/mol. The van der Waals surface area contributed by atoms with Crippen molar-refractivity contribution in [3.63, 3.8) is 0 Å². The van der Waals surface area contributed by atoms with Crippen molar-refractivity contribution in [2.24, 2.45) is 0 Å².